The summed E-state index contributed by atoms with van der Waals surface area (Å²) < 4.78 is 1.87. The van der Waals surface area contributed by atoms with Crippen LogP contribution in [0.4, 0.5) is 0 Å². The van der Waals surface area contributed by atoms with Gasteiger partial charge in [0.05, 0.1) is 0 Å². The molecule has 0 aliphatic heterocycles. The average molecular weight is 250 g/mol. The quantitative estimate of drug-likeness (QED) is 0.564. The zero-order valence-electron chi connectivity index (χ0n) is 7.35. The summed E-state index contributed by atoms with van der Waals surface area (Å²) in [5.41, 5.74) is 1.59. The Morgan fingerprint density at radius 2 is 1.71 bits per heavy atom. The summed E-state index contributed by atoms with van der Waals surface area (Å²) in [6.07, 6.45) is 1.50. The second-order valence-electron chi connectivity index (χ2n) is 2.92. The van der Waals surface area contributed by atoms with Crippen LogP contribution in [0, 0.1) is 5.21 Å². The molecule has 1 aromatic carbocycles. The highest BCUT2D eigenvalue weighted by atomic mass is 79.9. The summed E-state index contributed by atoms with van der Waals surface area (Å²) >= 11 is 3.35. The van der Waals surface area contributed by atoms with Crippen LogP contribution < -0.4 is 4.73 Å². The second kappa shape index (κ2) is 3.80. The lowest BCUT2D eigenvalue weighted by molar-refractivity contribution is -0.593. The minimum atomic E-state index is 0.667. The van der Waals surface area contributed by atoms with Gasteiger partial charge in [-0.3, -0.25) is 0 Å². The SMILES string of the molecule is [O-][n+]1ccccc1-c1ccc(Br)cc1. The molecule has 14 heavy (non-hydrogen) atoms. The molecule has 1 heterocycles. The van der Waals surface area contributed by atoms with E-state index in [0.29, 0.717) is 5.69 Å². The van der Waals surface area contributed by atoms with E-state index in [0.717, 1.165) is 14.8 Å². The van der Waals surface area contributed by atoms with Gasteiger partial charge < -0.3 is 5.21 Å². The highest BCUT2D eigenvalue weighted by Gasteiger charge is 2.05. The van der Waals surface area contributed by atoms with Gasteiger partial charge in [-0.05, 0) is 30.3 Å². The first-order valence-electron chi connectivity index (χ1n) is 4.21. The maximum Gasteiger partial charge on any atom is 0.223 e. The molecule has 2 nitrogen and oxygen atoms in total. The lowest BCUT2D eigenvalue weighted by Crippen LogP contribution is -2.27. The van der Waals surface area contributed by atoms with Crippen LogP contribution in [0.15, 0.2) is 53.1 Å². The molecule has 2 aromatic rings. The van der Waals surface area contributed by atoms with Crippen molar-refractivity contribution in [2.45, 2.75) is 0 Å². The maximum absolute atomic E-state index is 11.4. The Morgan fingerprint density at radius 1 is 1.00 bits per heavy atom. The van der Waals surface area contributed by atoms with Crippen LogP contribution >= 0.6 is 15.9 Å². The van der Waals surface area contributed by atoms with Crippen LogP contribution in [0.1, 0.15) is 0 Å². The number of nitrogens with zero attached hydrogens (tertiary/aromatic N) is 1. The molecule has 0 N–H and O–H groups in total. The van der Waals surface area contributed by atoms with E-state index in [1.54, 1.807) is 12.1 Å². The number of aromatic nitrogens is 1. The predicted octanol–water partition coefficient (Wildman–Crippen LogP) is 2.75. The number of benzene rings is 1. The molecule has 0 saturated carbocycles. The van der Waals surface area contributed by atoms with E-state index < -0.39 is 0 Å². The fourth-order valence-electron chi connectivity index (χ4n) is 1.27. The Labute approximate surface area is 90.5 Å². The topological polar surface area (TPSA) is 26.9 Å². The van der Waals surface area contributed by atoms with E-state index in [1.165, 1.54) is 6.20 Å². The summed E-state index contributed by atoms with van der Waals surface area (Å²) in [4.78, 5) is 0. The molecule has 70 valence electrons. The molecule has 0 saturated heterocycles. The maximum atomic E-state index is 11.4. The lowest BCUT2D eigenvalue weighted by Gasteiger charge is -2.03. The minimum absolute atomic E-state index is 0.667. The molecule has 0 fully saturated rings. The number of hydrogen-bond acceptors (Lipinski definition) is 1. The molecule has 0 radical (unpaired) electrons. The Morgan fingerprint density at radius 3 is 2.36 bits per heavy atom. The van der Waals surface area contributed by atoms with Crippen molar-refractivity contribution >= 4 is 15.9 Å². The molecule has 3 heteroatoms. The normalized spacial score (nSPS) is 10.1. The molecule has 0 unspecified atom stereocenters. The zero-order chi connectivity index (χ0) is 9.97. The Hall–Kier alpha value is -1.35. The van der Waals surface area contributed by atoms with Crippen molar-refractivity contribution in [2.24, 2.45) is 0 Å². The van der Waals surface area contributed by atoms with Gasteiger partial charge in [-0.15, -0.1) is 0 Å². The van der Waals surface area contributed by atoms with Crippen molar-refractivity contribution < 1.29 is 4.73 Å². The fourth-order valence-corrected chi connectivity index (χ4v) is 1.54. The van der Waals surface area contributed by atoms with Crippen molar-refractivity contribution in [3.8, 4) is 11.3 Å². The number of hydrogen-bond donors (Lipinski definition) is 0. The largest absolute Gasteiger partial charge is 0.618 e. The number of halogens is 1. The molecule has 0 amide bonds. The van der Waals surface area contributed by atoms with Crippen molar-refractivity contribution in [3.05, 3.63) is 58.3 Å². The summed E-state index contributed by atoms with van der Waals surface area (Å²) in [7, 11) is 0. The van der Waals surface area contributed by atoms with Crippen molar-refractivity contribution in [1.82, 2.24) is 0 Å². The summed E-state index contributed by atoms with van der Waals surface area (Å²) in [5.74, 6) is 0. The van der Waals surface area contributed by atoms with E-state index in [9.17, 15) is 5.21 Å². The first-order chi connectivity index (χ1) is 6.77. The van der Waals surface area contributed by atoms with Gasteiger partial charge in [0.15, 0.2) is 6.20 Å². The van der Waals surface area contributed by atoms with Crippen LogP contribution in [0.2, 0.25) is 0 Å². The first-order valence-corrected chi connectivity index (χ1v) is 5.01. The standard InChI is InChI=1S/C11H8BrNO/c12-10-6-4-9(5-7-10)11-3-1-2-8-13(11)14/h1-8H. The average Bonchev–Trinajstić information content (AvgIpc) is 2.20. The highest BCUT2D eigenvalue weighted by molar-refractivity contribution is 9.10. The summed E-state index contributed by atoms with van der Waals surface area (Å²) in [5, 5.41) is 11.4. The Balaban J connectivity index is 2.50. The van der Waals surface area contributed by atoms with Gasteiger partial charge in [0, 0.05) is 22.2 Å². The molecular weight excluding hydrogens is 242 g/mol. The van der Waals surface area contributed by atoms with Crippen molar-refractivity contribution in [3.63, 3.8) is 0 Å². The molecule has 0 aliphatic rings. The van der Waals surface area contributed by atoms with Gasteiger partial charge >= 0.3 is 0 Å². The van der Waals surface area contributed by atoms with Crippen LogP contribution in [0.5, 0.6) is 0 Å². The summed E-state index contributed by atoms with van der Waals surface area (Å²) in [6, 6.07) is 13.0. The zero-order valence-corrected chi connectivity index (χ0v) is 8.94. The second-order valence-corrected chi connectivity index (χ2v) is 3.83. The number of rotatable bonds is 1. The minimum Gasteiger partial charge on any atom is -0.618 e. The monoisotopic (exact) mass is 249 g/mol. The van der Waals surface area contributed by atoms with Crippen LogP contribution in [-0.4, -0.2) is 0 Å². The molecule has 0 bridgehead atoms. The molecule has 0 aliphatic carbocycles. The predicted molar refractivity (Wildman–Crippen MR) is 58.5 cm³/mol. The fraction of sp³-hybridized carbons (Fsp3) is 0. The first kappa shape index (κ1) is 9.21. The van der Waals surface area contributed by atoms with E-state index in [-0.39, 0.29) is 0 Å². The highest BCUT2D eigenvalue weighted by Crippen LogP contribution is 2.18. The van der Waals surface area contributed by atoms with Crippen molar-refractivity contribution in [2.75, 3.05) is 0 Å². The third-order valence-electron chi connectivity index (χ3n) is 1.96. The molecule has 0 atom stereocenters. The molecule has 2 rings (SSSR count). The van der Waals surface area contributed by atoms with E-state index >= 15 is 0 Å². The lowest BCUT2D eigenvalue weighted by atomic mass is 10.1. The van der Waals surface area contributed by atoms with E-state index in [1.807, 2.05) is 30.3 Å². The third-order valence-corrected chi connectivity index (χ3v) is 2.49. The van der Waals surface area contributed by atoms with Gasteiger partial charge in [-0.2, -0.15) is 4.73 Å². The van der Waals surface area contributed by atoms with Crippen molar-refractivity contribution in [1.29, 1.82) is 0 Å². The third kappa shape index (κ3) is 1.77. The van der Waals surface area contributed by atoms with Gasteiger partial charge in [0.25, 0.3) is 0 Å². The van der Waals surface area contributed by atoms with E-state index in [2.05, 4.69) is 15.9 Å². The van der Waals surface area contributed by atoms with E-state index in [4.69, 9.17) is 0 Å². The van der Waals surface area contributed by atoms with Gasteiger partial charge in [-0.25, -0.2) is 0 Å². The Bertz CT molecular complexity index is 439. The van der Waals surface area contributed by atoms with Crippen LogP contribution in [-0.2, 0) is 0 Å². The number of pyridine rings is 1. The summed E-state index contributed by atoms with van der Waals surface area (Å²) in [6.45, 7) is 0. The van der Waals surface area contributed by atoms with Gasteiger partial charge in [-0.1, -0.05) is 15.9 Å². The van der Waals surface area contributed by atoms with Gasteiger partial charge in [0.2, 0.25) is 5.69 Å². The Kier molecular flexibility index (Phi) is 2.50. The van der Waals surface area contributed by atoms with Crippen LogP contribution in [0.3, 0.4) is 0 Å². The smallest absolute Gasteiger partial charge is 0.223 e. The van der Waals surface area contributed by atoms with Crippen LogP contribution in [0.25, 0.3) is 11.3 Å². The van der Waals surface area contributed by atoms with Gasteiger partial charge in [0.1, 0.15) is 0 Å². The molecule has 1 aromatic heterocycles. The molecule has 0 spiro atoms. The molecular formula is C11H8BrNO.